The molecule has 2 aliphatic rings. The molecule has 0 bridgehead atoms. The molecule has 10 heteroatoms. The number of halogens is 1. The van der Waals surface area contributed by atoms with Gasteiger partial charge in [-0.25, -0.2) is 14.2 Å². The van der Waals surface area contributed by atoms with Crippen LogP contribution < -0.4 is 10.5 Å². The molecule has 2 N–H and O–H groups in total. The summed E-state index contributed by atoms with van der Waals surface area (Å²) in [7, 11) is 0. The third-order valence-electron chi connectivity index (χ3n) is 7.67. The molecule has 4 rings (SSSR count). The van der Waals surface area contributed by atoms with Crippen molar-refractivity contribution in [2.45, 2.75) is 77.2 Å². The molecule has 0 spiro atoms. The number of nitrogens with zero attached hydrogens (tertiary/aromatic N) is 4. The lowest BCUT2D eigenvalue weighted by Gasteiger charge is -2.34. The fourth-order valence-corrected chi connectivity index (χ4v) is 5.33. The summed E-state index contributed by atoms with van der Waals surface area (Å²) in [6, 6.07) is 9.20. The third-order valence-corrected chi connectivity index (χ3v) is 7.67. The van der Waals surface area contributed by atoms with Crippen LogP contribution in [0.3, 0.4) is 0 Å². The zero-order valence-corrected chi connectivity index (χ0v) is 23.4. The molecule has 40 heavy (non-hydrogen) atoms. The van der Waals surface area contributed by atoms with E-state index in [9.17, 15) is 19.2 Å². The molecule has 0 unspecified atom stereocenters. The zero-order chi connectivity index (χ0) is 28.8. The molecule has 3 heterocycles. The molecule has 0 saturated carbocycles. The summed E-state index contributed by atoms with van der Waals surface area (Å²) >= 11 is 0. The predicted octanol–water partition coefficient (Wildman–Crippen LogP) is 4.30. The van der Waals surface area contributed by atoms with Crippen molar-refractivity contribution in [2.75, 3.05) is 19.6 Å². The molecule has 2 aromatic rings. The Labute approximate surface area is 235 Å². The second kappa shape index (κ2) is 13.1. The van der Waals surface area contributed by atoms with Gasteiger partial charge in [0.2, 0.25) is 11.8 Å². The number of nitriles is 1. The quantitative estimate of drug-likeness (QED) is 0.519. The van der Waals surface area contributed by atoms with Crippen LogP contribution in [-0.4, -0.2) is 70.7 Å². The lowest BCUT2D eigenvalue weighted by Crippen LogP contribution is -2.46. The van der Waals surface area contributed by atoms with E-state index in [1.165, 1.54) is 11.0 Å². The highest BCUT2D eigenvalue weighted by Crippen LogP contribution is 2.27. The number of pyridine rings is 1. The summed E-state index contributed by atoms with van der Waals surface area (Å²) in [6.45, 7) is 7.47. The number of piperidine rings is 1. The number of rotatable bonds is 8. The summed E-state index contributed by atoms with van der Waals surface area (Å²) in [5.41, 5.74) is 7.83. The summed E-state index contributed by atoms with van der Waals surface area (Å²) in [6.07, 6.45) is 4.28. The van der Waals surface area contributed by atoms with Crippen molar-refractivity contribution in [3.05, 3.63) is 47.9 Å². The van der Waals surface area contributed by atoms with Crippen LogP contribution in [-0.2, 0) is 16.0 Å². The first kappa shape index (κ1) is 29.3. The van der Waals surface area contributed by atoms with Gasteiger partial charge in [-0.05, 0) is 82.1 Å². The second-order valence-corrected chi connectivity index (χ2v) is 10.9. The van der Waals surface area contributed by atoms with Gasteiger partial charge in [-0.3, -0.25) is 4.79 Å². The lowest BCUT2D eigenvalue weighted by molar-refractivity contribution is -0.132. The van der Waals surface area contributed by atoms with E-state index in [-0.39, 0.29) is 30.6 Å². The van der Waals surface area contributed by atoms with Gasteiger partial charge in [0.05, 0.1) is 18.2 Å². The molecule has 2 amide bonds. The van der Waals surface area contributed by atoms with Gasteiger partial charge in [0.15, 0.2) is 0 Å². The van der Waals surface area contributed by atoms with E-state index in [0.717, 1.165) is 24.8 Å². The maximum atomic E-state index is 15.0. The Balaban J connectivity index is 1.30. The maximum Gasteiger partial charge on any atom is 0.410 e. The van der Waals surface area contributed by atoms with E-state index >= 15 is 0 Å². The van der Waals surface area contributed by atoms with Crippen LogP contribution >= 0.6 is 0 Å². The number of carbonyl (C=O) groups excluding carboxylic acids is 2. The van der Waals surface area contributed by atoms with Gasteiger partial charge < -0.3 is 25.0 Å². The molecule has 3 atom stereocenters. The van der Waals surface area contributed by atoms with Crippen molar-refractivity contribution in [1.82, 2.24) is 14.8 Å². The van der Waals surface area contributed by atoms with Crippen LogP contribution in [0.2, 0.25) is 0 Å². The van der Waals surface area contributed by atoms with Gasteiger partial charge in [-0.1, -0.05) is 12.1 Å². The SMILES string of the molecule is CC(C)OC(=O)N1CCC([C@H](C)Oc2ccc(-c3ccc(C[C@H](N)C(=O)N4CCC[C@H]4C#N)c(F)c3)cn2)CC1. The van der Waals surface area contributed by atoms with Crippen molar-refractivity contribution in [2.24, 2.45) is 11.7 Å². The number of aromatic nitrogens is 1. The Bertz CT molecular complexity index is 1220. The first-order chi connectivity index (χ1) is 19.2. The van der Waals surface area contributed by atoms with E-state index in [0.29, 0.717) is 49.0 Å². The first-order valence-corrected chi connectivity index (χ1v) is 14.0. The monoisotopic (exact) mass is 551 g/mol. The van der Waals surface area contributed by atoms with Gasteiger partial charge in [-0.15, -0.1) is 0 Å². The molecule has 1 aromatic heterocycles. The average molecular weight is 552 g/mol. The number of hydrogen-bond acceptors (Lipinski definition) is 7. The van der Waals surface area contributed by atoms with E-state index in [1.54, 1.807) is 29.3 Å². The van der Waals surface area contributed by atoms with E-state index in [2.05, 4.69) is 11.1 Å². The number of ether oxygens (including phenoxy) is 2. The van der Waals surface area contributed by atoms with Gasteiger partial charge in [0, 0.05) is 37.5 Å². The van der Waals surface area contributed by atoms with Crippen molar-refractivity contribution in [3.8, 4) is 23.1 Å². The van der Waals surface area contributed by atoms with Crippen LogP contribution in [0.5, 0.6) is 5.88 Å². The molecule has 2 fully saturated rings. The van der Waals surface area contributed by atoms with Crippen molar-refractivity contribution in [1.29, 1.82) is 5.26 Å². The van der Waals surface area contributed by atoms with Crippen molar-refractivity contribution >= 4 is 12.0 Å². The summed E-state index contributed by atoms with van der Waals surface area (Å²) < 4.78 is 26.3. The molecule has 9 nitrogen and oxygen atoms in total. The van der Waals surface area contributed by atoms with E-state index < -0.39 is 17.9 Å². The highest BCUT2D eigenvalue weighted by molar-refractivity contribution is 5.83. The van der Waals surface area contributed by atoms with Gasteiger partial charge in [0.25, 0.3) is 0 Å². The zero-order valence-electron chi connectivity index (χ0n) is 23.4. The molecule has 2 saturated heterocycles. The maximum absolute atomic E-state index is 15.0. The molecule has 0 radical (unpaired) electrons. The van der Waals surface area contributed by atoms with Gasteiger partial charge >= 0.3 is 6.09 Å². The highest BCUT2D eigenvalue weighted by Gasteiger charge is 2.32. The largest absolute Gasteiger partial charge is 0.474 e. The van der Waals surface area contributed by atoms with Crippen molar-refractivity contribution in [3.63, 3.8) is 0 Å². The van der Waals surface area contributed by atoms with Gasteiger partial charge in [0.1, 0.15) is 18.0 Å². The number of benzene rings is 1. The molecule has 2 aliphatic heterocycles. The Kier molecular flexibility index (Phi) is 9.58. The van der Waals surface area contributed by atoms with Crippen LogP contribution in [0.1, 0.15) is 52.0 Å². The minimum atomic E-state index is -0.907. The lowest BCUT2D eigenvalue weighted by atomic mass is 9.92. The van der Waals surface area contributed by atoms with Crippen LogP contribution in [0.4, 0.5) is 9.18 Å². The fourth-order valence-electron chi connectivity index (χ4n) is 5.33. The molecule has 214 valence electrons. The molecular formula is C30H38FN5O4. The predicted molar refractivity (Wildman–Crippen MR) is 148 cm³/mol. The third kappa shape index (κ3) is 7.07. The minimum absolute atomic E-state index is 0.0559. The average Bonchev–Trinajstić information content (AvgIpc) is 3.43. The molecule has 0 aliphatic carbocycles. The van der Waals surface area contributed by atoms with Crippen LogP contribution in [0.15, 0.2) is 36.5 Å². The molecular weight excluding hydrogens is 513 g/mol. The molecule has 1 aromatic carbocycles. The Morgan fingerprint density at radius 1 is 1.12 bits per heavy atom. The first-order valence-electron chi connectivity index (χ1n) is 14.0. The van der Waals surface area contributed by atoms with Crippen LogP contribution in [0.25, 0.3) is 11.1 Å². The summed E-state index contributed by atoms with van der Waals surface area (Å²) in [4.78, 5) is 32.5. The number of hydrogen-bond donors (Lipinski definition) is 1. The number of amides is 2. The summed E-state index contributed by atoms with van der Waals surface area (Å²) in [5.74, 6) is 0.00934. The smallest absolute Gasteiger partial charge is 0.410 e. The Morgan fingerprint density at radius 3 is 2.48 bits per heavy atom. The normalized spacial score (nSPS) is 19.3. The summed E-state index contributed by atoms with van der Waals surface area (Å²) in [5, 5.41) is 9.23. The van der Waals surface area contributed by atoms with E-state index in [1.807, 2.05) is 26.8 Å². The Hall–Kier alpha value is -3.71. The van der Waals surface area contributed by atoms with Gasteiger partial charge in [-0.2, -0.15) is 5.26 Å². The highest BCUT2D eigenvalue weighted by atomic mass is 19.1. The standard InChI is InChI=1S/C30H38FN5O4/c1-19(2)39-30(38)35-13-10-21(11-14-35)20(3)40-28-9-8-24(18-34-28)22-6-7-23(26(31)15-22)16-27(33)29(37)36-12-4-5-25(36)17-32/h6-9,15,18-21,25,27H,4-5,10-14,16,33H2,1-3H3/t20-,25-,27-/m0/s1. The van der Waals surface area contributed by atoms with Crippen LogP contribution in [0, 0.1) is 23.1 Å². The van der Waals surface area contributed by atoms with Crippen molar-refractivity contribution < 1.29 is 23.5 Å². The topological polar surface area (TPSA) is 122 Å². The minimum Gasteiger partial charge on any atom is -0.474 e. The number of likely N-dealkylation sites (tertiary alicyclic amines) is 2. The number of nitrogens with two attached hydrogens (primary N) is 1. The second-order valence-electron chi connectivity index (χ2n) is 10.9. The van der Waals surface area contributed by atoms with E-state index in [4.69, 9.17) is 15.2 Å². The Morgan fingerprint density at radius 2 is 1.85 bits per heavy atom. The fraction of sp³-hybridized carbons (Fsp3) is 0.533. The number of carbonyl (C=O) groups is 2.